The number of nitrogens with zero attached hydrogens (tertiary/aromatic N) is 1. The minimum absolute atomic E-state index is 0.0914. The lowest BCUT2D eigenvalue weighted by Gasteiger charge is -2.35. The van der Waals surface area contributed by atoms with Crippen LogP contribution < -0.4 is 5.32 Å². The second kappa shape index (κ2) is 5.87. The first kappa shape index (κ1) is 13.0. The van der Waals surface area contributed by atoms with Crippen LogP contribution in [0.2, 0.25) is 0 Å². The average molecular weight is 226 g/mol. The summed E-state index contributed by atoms with van der Waals surface area (Å²) in [5, 5.41) is 2.40. The first-order valence-corrected chi connectivity index (χ1v) is 6.17. The van der Waals surface area contributed by atoms with Crippen molar-refractivity contribution in [1.29, 1.82) is 0 Å². The molecule has 1 aliphatic heterocycles. The number of carbonyl (C=O) groups excluding carboxylic acids is 2. The van der Waals surface area contributed by atoms with Crippen LogP contribution in [-0.2, 0) is 4.79 Å². The first-order chi connectivity index (χ1) is 7.56. The van der Waals surface area contributed by atoms with Crippen LogP contribution in [0.25, 0.3) is 0 Å². The van der Waals surface area contributed by atoms with Gasteiger partial charge >= 0.3 is 6.03 Å². The maximum atomic E-state index is 11.6. The number of hydrogen-bond acceptors (Lipinski definition) is 2. The van der Waals surface area contributed by atoms with Gasteiger partial charge in [0.05, 0.1) is 5.92 Å². The number of urea groups is 1. The molecule has 1 N–H and O–H groups in total. The number of hydrogen-bond donors (Lipinski definition) is 1. The molecule has 1 aliphatic rings. The lowest BCUT2D eigenvalue weighted by Crippen LogP contribution is -2.56. The monoisotopic (exact) mass is 226 g/mol. The van der Waals surface area contributed by atoms with Crippen LogP contribution >= 0.6 is 0 Å². The fourth-order valence-corrected chi connectivity index (χ4v) is 1.99. The molecule has 2 unspecified atom stereocenters. The molecule has 0 radical (unpaired) electrons. The van der Waals surface area contributed by atoms with Gasteiger partial charge in [0.15, 0.2) is 0 Å². The van der Waals surface area contributed by atoms with Crippen LogP contribution in [0.5, 0.6) is 0 Å². The highest BCUT2D eigenvalue weighted by atomic mass is 16.2. The normalized spacial score (nSPS) is 23.2. The van der Waals surface area contributed by atoms with Gasteiger partial charge in [0.25, 0.3) is 0 Å². The summed E-state index contributed by atoms with van der Waals surface area (Å²) in [4.78, 5) is 24.7. The molecule has 1 fully saturated rings. The molecule has 4 heteroatoms. The minimum Gasteiger partial charge on any atom is -0.321 e. The summed E-state index contributed by atoms with van der Waals surface area (Å²) in [5.74, 6) is -0.242. The molecule has 0 aromatic carbocycles. The molecule has 1 saturated heterocycles. The number of nitrogens with one attached hydrogen (secondary N) is 1. The molecule has 0 saturated carbocycles. The average Bonchev–Trinajstić information content (AvgIpc) is 2.23. The van der Waals surface area contributed by atoms with E-state index < -0.39 is 0 Å². The maximum absolute atomic E-state index is 11.6. The van der Waals surface area contributed by atoms with Gasteiger partial charge in [0.2, 0.25) is 5.91 Å². The zero-order valence-corrected chi connectivity index (χ0v) is 10.5. The first-order valence-electron chi connectivity index (χ1n) is 6.17. The molecule has 0 aromatic rings. The Bertz CT molecular complexity index is 266. The van der Waals surface area contributed by atoms with Crippen molar-refractivity contribution in [3.05, 3.63) is 0 Å². The Balaban J connectivity index is 2.45. The van der Waals surface area contributed by atoms with Gasteiger partial charge in [-0.3, -0.25) is 10.1 Å². The third-order valence-corrected chi connectivity index (χ3v) is 3.17. The largest absolute Gasteiger partial charge is 0.324 e. The van der Waals surface area contributed by atoms with Crippen molar-refractivity contribution in [2.24, 2.45) is 5.92 Å². The van der Waals surface area contributed by atoms with Crippen LogP contribution in [0, 0.1) is 5.92 Å². The van der Waals surface area contributed by atoms with E-state index >= 15 is 0 Å². The summed E-state index contributed by atoms with van der Waals surface area (Å²) in [7, 11) is 0. The van der Waals surface area contributed by atoms with Crippen molar-refractivity contribution in [1.82, 2.24) is 10.2 Å². The van der Waals surface area contributed by atoms with Crippen molar-refractivity contribution in [3.8, 4) is 0 Å². The molecule has 1 rings (SSSR count). The van der Waals surface area contributed by atoms with E-state index in [9.17, 15) is 9.59 Å². The number of amides is 3. The van der Waals surface area contributed by atoms with Gasteiger partial charge in [-0.1, -0.05) is 33.1 Å². The third kappa shape index (κ3) is 3.22. The molecule has 0 aliphatic carbocycles. The van der Waals surface area contributed by atoms with Crippen LogP contribution in [0.1, 0.15) is 46.5 Å². The standard InChI is InChI=1S/C12H22N2O2/c1-4-5-6-7-10(3)14-8-9(2)11(15)13-12(14)16/h9-10H,4-8H2,1-3H3,(H,13,15,16). The van der Waals surface area contributed by atoms with Gasteiger partial charge in [-0.25, -0.2) is 4.79 Å². The Labute approximate surface area is 97.4 Å². The van der Waals surface area contributed by atoms with Crippen molar-refractivity contribution in [2.45, 2.75) is 52.5 Å². The molecule has 0 bridgehead atoms. The summed E-state index contributed by atoms with van der Waals surface area (Å²) in [6.45, 7) is 6.63. The molecule has 2 atom stereocenters. The Morgan fingerprint density at radius 1 is 1.44 bits per heavy atom. The van der Waals surface area contributed by atoms with E-state index in [0.29, 0.717) is 6.54 Å². The Morgan fingerprint density at radius 3 is 2.75 bits per heavy atom. The molecule has 3 amide bonds. The van der Waals surface area contributed by atoms with Crippen LogP contribution in [0.15, 0.2) is 0 Å². The number of unbranched alkanes of at least 4 members (excludes halogenated alkanes) is 2. The molecular formula is C12H22N2O2. The van der Waals surface area contributed by atoms with E-state index in [1.807, 2.05) is 6.92 Å². The zero-order chi connectivity index (χ0) is 12.1. The molecule has 16 heavy (non-hydrogen) atoms. The molecule has 0 aromatic heterocycles. The van der Waals surface area contributed by atoms with Gasteiger partial charge in [-0.05, 0) is 13.3 Å². The summed E-state index contributed by atoms with van der Waals surface area (Å²) >= 11 is 0. The van der Waals surface area contributed by atoms with E-state index in [2.05, 4.69) is 19.2 Å². The van der Waals surface area contributed by atoms with Gasteiger partial charge in [0, 0.05) is 12.6 Å². The predicted molar refractivity (Wildman–Crippen MR) is 63.0 cm³/mol. The quantitative estimate of drug-likeness (QED) is 0.730. The molecule has 1 heterocycles. The van der Waals surface area contributed by atoms with Crippen molar-refractivity contribution < 1.29 is 9.59 Å². The fourth-order valence-electron chi connectivity index (χ4n) is 1.99. The second-order valence-corrected chi connectivity index (χ2v) is 4.69. The summed E-state index contributed by atoms with van der Waals surface area (Å²) < 4.78 is 0. The Kier molecular flexibility index (Phi) is 4.77. The number of imide groups is 1. The lowest BCUT2D eigenvalue weighted by atomic mass is 10.0. The molecule has 92 valence electrons. The van der Waals surface area contributed by atoms with Crippen LogP contribution in [-0.4, -0.2) is 29.4 Å². The van der Waals surface area contributed by atoms with Crippen molar-refractivity contribution >= 4 is 11.9 Å². The third-order valence-electron chi connectivity index (χ3n) is 3.17. The predicted octanol–water partition coefficient (Wildman–Crippen LogP) is 2.14. The highest BCUT2D eigenvalue weighted by Crippen LogP contribution is 2.15. The summed E-state index contributed by atoms with van der Waals surface area (Å²) in [6, 6.07) is -0.00537. The highest BCUT2D eigenvalue weighted by Gasteiger charge is 2.31. The summed E-state index contributed by atoms with van der Waals surface area (Å²) in [6.07, 6.45) is 4.55. The fraction of sp³-hybridized carbons (Fsp3) is 0.833. The molecule has 0 spiro atoms. The molecule has 4 nitrogen and oxygen atoms in total. The van der Waals surface area contributed by atoms with Crippen molar-refractivity contribution in [2.75, 3.05) is 6.54 Å². The van der Waals surface area contributed by atoms with Crippen LogP contribution in [0.4, 0.5) is 4.79 Å². The topological polar surface area (TPSA) is 49.4 Å². The number of carbonyl (C=O) groups is 2. The zero-order valence-electron chi connectivity index (χ0n) is 10.5. The van der Waals surface area contributed by atoms with Crippen molar-refractivity contribution in [3.63, 3.8) is 0 Å². The van der Waals surface area contributed by atoms with Gasteiger partial charge in [-0.2, -0.15) is 0 Å². The Hall–Kier alpha value is -1.06. The van der Waals surface area contributed by atoms with Gasteiger partial charge in [0.1, 0.15) is 0 Å². The van der Waals surface area contributed by atoms with Gasteiger partial charge in [-0.15, -0.1) is 0 Å². The van der Waals surface area contributed by atoms with E-state index in [0.717, 1.165) is 12.8 Å². The summed E-state index contributed by atoms with van der Waals surface area (Å²) in [5.41, 5.74) is 0. The van der Waals surface area contributed by atoms with Crippen LogP contribution in [0.3, 0.4) is 0 Å². The van der Waals surface area contributed by atoms with E-state index in [1.54, 1.807) is 4.90 Å². The smallest absolute Gasteiger partial charge is 0.321 e. The van der Waals surface area contributed by atoms with E-state index in [1.165, 1.54) is 12.8 Å². The minimum atomic E-state index is -0.230. The maximum Gasteiger partial charge on any atom is 0.324 e. The number of rotatable bonds is 5. The van der Waals surface area contributed by atoms with E-state index in [-0.39, 0.29) is 23.9 Å². The SMILES string of the molecule is CCCCCC(C)N1CC(C)C(=O)NC1=O. The highest BCUT2D eigenvalue weighted by molar-refractivity contribution is 5.97. The lowest BCUT2D eigenvalue weighted by molar-refractivity contribution is -0.125. The second-order valence-electron chi connectivity index (χ2n) is 4.69. The Morgan fingerprint density at radius 2 is 2.12 bits per heavy atom. The van der Waals surface area contributed by atoms with Gasteiger partial charge < -0.3 is 4.90 Å². The van der Waals surface area contributed by atoms with E-state index in [4.69, 9.17) is 0 Å². The molecular weight excluding hydrogens is 204 g/mol.